The molecule has 122 valence electrons. The summed E-state index contributed by atoms with van der Waals surface area (Å²) in [4.78, 5) is 17.5. The molecule has 0 atom stereocenters. The van der Waals surface area contributed by atoms with Crippen LogP contribution in [0.5, 0.6) is 0 Å². The molecule has 0 unspecified atom stereocenters. The van der Waals surface area contributed by atoms with E-state index in [4.69, 9.17) is 0 Å². The SMILES string of the molecule is CC(=O)N1CCc2cc(S(=O)(=O)NCc3nccn3C)ccc21. The average molecular weight is 334 g/mol. The Morgan fingerprint density at radius 3 is 2.83 bits per heavy atom. The summed E-state index contributed by atoms with van der Waals surface area (Å²) >= 11 is 0. The predicted molar refractivity (Wildman–Crippen MR) is 85.4 cm³/mol. The van der Waals surface area contributed by atoms with Gasteiger partial charge in [0.05, 0.1) is 11.4 Å². The maximum Gasteiger partial charge on any atom is 0.240 e. The standard InChI is InChI=1S/C15H18N4O3S/c1-11(20)19-7-5-12-9-13(3-4-14(12)19)23(21,22)17-10-15-16-6-8-18(15)2/h3-4,6,8-9,17H,5,7,10H2,1-2H3. The van der Waals surface area contributed by atoms with Gasteiger partial charge >= 0.3 is 0 Å². The fourth-order valence-corrected chi connectivity index (χ4v) is 3.71. The van der Waals surface area contributed by atoms with Crippen LogP contribution < -0.4 is 9.62 Å². The number of carbonyl (C=O) groups is 1. The number of hydrogen-bond acceptors (Lipinski definition) is 4. The second-order valence-electron chi connectivity index (χ2n) is 5.49. The Kier molecular flexibility index (Phi) is 3.95. The molecule has 3 rings (SSSR count). The minimum absolute atomic E-state index is 0.0349. The first-order chi connectivity index (χ1) is 10.9. The number of anilines is 1. The van der Waals surface area contributed by atoms with Gasteiger partial charge < -0.3 is 9.47 Å². The molecule has 2 heterocycles. The van der Waals surface area contributed by atoms with Crippen molar-refractivity contribution in [3.05, 3.63) is 42.0 Å². The number of fused-ring (bicyclic) bond motifs is 1. The highest BCUT2D eigenvalue weighted by atomic mass is 32.2. The summed E-state index contributed by atoms with van der Waals surface area (Å²) in [5.74, 6) is 0.602. The van der Waals surface area contributed by atoms with Gasteiger partial charge in [0.1, 0.15) is 5.82 Å². The van der Waals surface area contributed by atoms with E-state index in [0.717, 1.165) is 11.3 Å². The third kappa shape index (κ3) is 2.99. The van der Waals surface area contributed by atoms with Crippen LogP contribution in [0.25, 0.3) is 0 Å². The number of sulfonamides is 1. The molecular weight excluding hydrogens is 316 g/mol. The van der Waals surface area contributed by atoms with Gasteiger partial charge in [-0.2, -0.15) is 0 Å². The van der Waals surface area contributed by atoms with Gasteiger partial charge in [0, 0.05) is 38.6 Å². The van der Waals surface area contributed by atoms with E-state index in [-0.39, 0.29) is 17.3 Å². The fourth-order valence-electron chi connectivity index (χ4n) is 2.68. The van der Waals surface area contributed by atoms with E-state index in [2.05, 4.69) is 9.71 Å². The molecule has 0 aliphatic carbocycles. The first-order valence-corrected chi connectivity index (χ1v) is 8.74. The maximum absolute atomic E-state index is 12.4. The van der Waals surface area contributed by atoms with Crippen molar-refractivity contribution >= 4 is 21.6 Å². The normalized spacial score (nSPS) is 14.1. The van der Waals surface area contributed by atoms with E-state index in [0.29, 0.717) is 18.8 Å². The average Bonchev–Trinajstić information content (AvgIpc) is 3.10. The smallest absolute Gasteiger partial charge is 0.240 e. The molecule has 0 spiro atoms. The summed E-state index contributed by atoms with van der Waals surface area (Å²) in [5, 5.41) is 0. The first kappa shape index (κ1) is 15.7. The lowest BCUT2D eigenvalue weighted by molar-refractivity contribution is -0.116. The number of rotatable bonds is 4. The van der Waals surface area contributed by atoms with Gasteiger partial charge in [0.15, 0.2) is 0 Å². The molecule has 0 bridgehead atoms. The maximum atomic E-state index is 12.4. The minimum Gasteiger partial charge on any atom is -0.337 e. The van der Waals surface area contributed by atoms with Crippen LogP contribution in [0.2, 0.25) is 0 Å². The second-order valence-corrected chi connectivity index (χ2v) is 7.26. The molecule has 1 amide bonds. The van der Waals surface area contributed by atoms with E-state index in [1.165, 1.54) is 13.0 Å². The van der Waals surface area contributed by atoms with Gasteiger partial charge in [-0.05, 0) is 30.2 Å². The fraction of sp³-hybridized carbons (Fsp3) is 0.333. The molecule has 0 fully saturated rings. The van der Waals surface area contributed by atoms with Gasteiger partial charge in [0.2, 0.25) is 15.9 Å². The summed E-state index contributed by atoms with van der Waals surface area (Å²) in [6, 6.07) is 4.86. The number of imidazole rings is 1. The van der Waals surface area contributed by atoms with Crippen LogP contribution in [0.3, 0.4) is 0 Å². The van der Waals surface area contributed by atoms with E-state index in [1.807, 2.05) is 7.05 Å². The van der Waals surface area contributed by atoms with Gasteiger partial charge in [-0.25, -0.2) is 18.1 Å². The van der Waals surface area contributed by atoms with Crippen molar-refractivity contribution in [3.8, 4) is 0 Å². The van der Waals surface area contributed by atoms with E-state index in [9.17, 15) is 13.2 Å². The molecule has 1 aliphatic heterocycles. The van der Waals surface area contributed by atoms with Gasteiger partial charge in [-0.15, -0.1) is 0 Å². The van der Waals surface area contributed by atoms with Crippen LogP contribution in [0.4, 0.5) is 5.69 Å². The van der Waals surface area contributed by atoms with E-state index in [1.54, 1.807) is 34.0 Å². The van der Waals surface area contributed by atoms with Crippen LogP contribution in [-0.4, -0.2) is 30.4 Å². The van der Waals surface area contributed by atoms with Crippen LogP contribution in [-0.2, 0) is 34.8 Å². The number of aromatic nitrogens is 2. The molecular formula is C15H18N4O3S. The van der Waals surface area contributed by atoms with Gasteiger partial charge in [-0.3, -0.25) is 4.79 Å². The zero-order valence-corrected chi connectivity index (χ0v) is 13.8. The number of carbonyl (C=O) groups excluding carboxylic acids is 1. The summed E-state index contributed by atoms with van der Waals surface area (Å²) < 4.78 is 29.2. The largest absolute Gasteiger partial charge is 0.337 e. The molecule has 0 saturated carbocycles. The summed E-state index contributed by atoms with van der Waals surface area (Å²) in [5.41, 5.74) is 1.67. The molecule has 2 aromatic rings. The highest BCUT2D eigenvalue weighted by Crippen LogP contribution is 2.30. The van der Waals surface area contributed by atoms with Crippen molar-refractivity contribution in [1.29, 1.82) is 0 Å². The molecule has 1 aromatic carbocycles. The Hall–Kier alpha value is -2.19. The monoisotopic (exact) mass is 334 g/mol. The molecule has 1 aliphatic rings. The first-order valence-electron chi connectivity index (χ1n) is 7.25. The third-order valence-electron chi connectivity index (χ3n) is 3.98. The summed E-state index contributed by atoms with van der Waals surface area (Å²) in [7, 11) is -1.81. The molecule has 0 radical (unpaired) electrons. The molecule has 23 heavy (non-hydrogen) atoms. The number of benzene rings is 1. The van der Waals surface area contributed by atoms with Crippen LogP contribution in [0.15, 0.2) is 35.5 Å². The lowest BCUT2D eigenvalue weighted by Gasteiger charge is -2.15. The highest BCUT2D eigenvalue weighted by molar-refractivity contribution is 7.89. The van der Waals surface area contributed by atoms with Crippen molar-refractivity contribution in [2.75, 3.05) is 11.4 Å². The van der Waals surface area contributed by atoms with Crippen LogP contribution in [0.1, 0.15) is 18.3 Å². The number of aryl methyl sites for hydroxylation is 1. The Bertz CT molecular complexity index is 857. The molecule has 0 saturated heterocycles. The number of nitrogens with zero attached hydrogens (tertiary/aromatic N) is 3. The Balaban J connectivity index is 1.81. The number of nitrogens with one attached hydrogen (secondary N) is 1. The van der Waals surface area contributed by atoms with E-state index >= 15 is 0 Å². The minimum atomic E-state index is -3.62. The van der Waals surface area contributed by atoms with Crippen molar-refractivity contribution in [2.24, 2.45) is 7.05 Å². The molecule has 1 N–H and O–H groups in total. The summed E-state index contributed by atoms with van der Waals surface area (Å²) in [6.45, 7) is 2.23. The van der Waals surface area contributed by atoms with Crippen molar-refractivity contribution in [1.82, 2.24) is 14.3 Å². The lowest BCUT2D eigenvalue weighted by atomic mass is 10.2. The van der Waals surface area contributed by atoms with Crippen molar-refractivity contribution in [3.63, 3.8) is 0 Å². The van der Waals surface area contributed by atoms with Crippen molar-refractivity contribution in [2.45, 2.75) is 24.8 Å². The zero-order valence-electron chi connectivity index (χ0n) is 13.0. The van der Waals surface area contributed by atoms with E-state index < -0.39 is 10.0 Å². The van der Waals surface area contributed by atoms with Gasteiger partial charge in [0.25, 0.3) is 0 Å². The molecule has 7 nitrogen and oxygen atoms in total. The van der Waals surface area contributed by atoms with Crippen molar-refractivity contribution < 1.29 is 13.2 Å². The zero-order chi connectivity index (χ0) is 16.6. The number of amides is 1. The lowest BCUT2D eigenvalue weighted by Crippen LogP contribution is -2.26. The Labute approximate surface area is 135 Å². The quantitative estimate of drug-likeness (QED) is 0.897. The molecule has 8 heteroatoms. The Morgan fingerprint density at radius 1 is 1.39 bits per heavy atom. The van der Waals surface area contributed by atoms with Crippen LogP contribution >= 0.6 is 0 Å². The predicted octanol–water partition coefficient (Wildman–Crippen LogP) is 0.808. The topological polar surface area (TPSA) is 84.3 Å². The second kappa shape index (κ2) is 5.78. The molecule has 1 aromatic heterocycles. The van der Waals surface area contributed by atoms with Gasteiger partial charge in [-0.1, -0.05) is 0 Å². The summed E-state index contributed by atoms with van der Waals surface area (Å²) in [6.07, 6.45) is 4.04. The Morgan fingerprint density at radius 2 is 2.17 bits per heavy atom. The number of hydrogen-bond donors (Lipinski definition) is 1. The van der Waals surface area contributed by atoms with Crippen LogP contribution in [0, 0.1) is 0 Å². The highest BCUT2D eigenvalue weighted by Gasteiger charge is 2.24. The third-order valence-corrected chi connectivity index (χ3v) is 5.38.